The van der Waals surface area contributed by atoms with E-state index in [9.17, 15) is 8.78 Å². The molecule has 0 spiro atoms. The molecule has 150 valence electrons. The highest BCUT2D eigenvalue weighted by Gasteiger charge is 2.13. The summed E-state index contributed by atoms with van der Waals surface area (Å²) in [6, 6.07) is 21.3. The Bertz CT molecular complexity index is 1230. The van der Waals surface area contributed by atoms with Crippen molar-refractivity contribution in [2.24, 2.45) is 0 Å². The third-order valence-electron chi connectivity index (χ3n) is 5.25. The van der Waals surface area contributed by atoms with Gasteiger partial charge in [0.05, 0.1) is 0 Å². The average Bonchev–Trinajstić information content (AvgIpc) is 2.72. The van der Waals surface area contributed by atoms with Gasteiger partial charge in [0.2, 0.25) is 0 Å². The first kappa shape index (κ1) is 21.2. The minimum atomic E-state index is -0.385. The lowest BCUT2D eigenvalue weighted by molar-refractivity contribution is 0.627. The molecule has 4 aromatic rings. The van der Waals surface area contributed by atoms with Crippen molar-refractivity contribution >= 4 is 41.7 Å². The Morgan fingerprint density at radius 1 is 0.600 bits per heavy atom. The van der Waals surface area contributed by atoms with Gasteiger partial charge in [-0.25, -0.2) is 8.78 Å². The van der Waals surface area contributed by atoms with Gasteiger partial charge in [-0.05, 0) is 81.7 Å². The van der Waals surface area contributed by atoms with Crippen LogP contribution in [-0.2, 0) is 0 Å². The molecule has 0 aromatic heterocycles. The lowest BCUT2D eigenvalue weighted by atomic mass is 9.97. The van der Waals surface area contributed by atoms with Crippen LogP contribution in [-0.4, -0.2) is 0 Å². The van der Waals surface area contributed by atoms with Crippen LogP contribution in [0.4, 0.5) is 8.78 Å². The van der Waals surface area contributed by atoms with Gasteiger partial charge in [-0.3, -0.25) is 0 Å². The molecule has 0 nitrogen and oxygen atoms in total. The van der Waals surface area contributed by atoms with E-state index in [0.717, 1.165) is 37.8 Å². The molecular formula is C25H20F2P2S. The van der Waals surface area contributed by atoms with E-state index in [-0.39, 0.29) is 11.6 Å². The van der Waals surface area contributed by atoms with Gasteiger partial charge in [-0.1, -0.05) is 36.4 Å². The summed E-state index contributed by atoms with van der Waals surface area (Å²) in [7, 11) is 5.37. The van der Waals surface area contributed by atoms with Crippen LogP contribution >= 0.6 is 31.1 Å². The van der Waals surface area contributed by atoms with Gasteiger partial charge in [0.25, 0.3) is 0 Å². The molecule has 0 amide bonds. The van der Waals surface area contributed by atoms with Crippen LogP contribution in [0.1, 0.15) is 5.56 Å². The molecule has 0 aliphatic heterocycles. The molecular weight excluding hydrogens is 432 g/mol. The number of rotatable bonds is 3. The van der Waals surface area contributed by atoms with Gasteiger partial charge in [0, 0.05) is 16.0 Å². The minimum Gasteiger partial charge on any atom is -0.206 e. The molecule has 0 N–H and O–H groups in total. The Hall–Kier alpha value is -2.05. The van der Waals surface area contributed by atoms with E-state index < -0.39 is 0 Å². The van der Waals surface area contributed by atoms with Gasteiger partial charge in [0.15, 0.2) is 0 Å². The average molecular weight is 452 g/mol. The van der Waals surface area contributed by atoms with Gasteiger partial charge in [-0.15, -0.1) is 31.1 Å². The third-order valence-corrected chi connectivity index (χ3v) is 6.75. The molecule has 0 bridgehead atoms. The number of halogens is 2. The predicted molar refractivity (Wildman–Crippen MR) is 133 cm³/mol. The summed E-state index contributed by atoms with van der Waals surface area (Å²) in [5, 5.41) is 2.04. The Morgan fingerprint density at radius 2 is 1.07 bits per heavy atom. The topological polar surface area (TPSA) is 0 Å². The van der Waals surface area contributed by atoms with Crippen molar-refractivity contribution in [1.29, 1.82) is 0 Å². The summed E-state index contributed by atoms with van der Waals surface area (Å²) in [4.78, 5) is 0.850. The molecule has 0 fully saturated rings. The van der Waals surface area contributed by atoms with Gasteiger partial charge in [0.1, 0.15) is 11.6 Å². The number of hydrogen-bond donors (Lipinski definition) is 1. The zero-order valence-electron chi connectivity index (χ0n) is 16.3. The summed E-state index contributed by atoms with van der Waals surface area (Å²) < 4.78 is 29.8. The van der Waals surface area contributed by atoms with E-state index >= 15 is 0 Å². The SMILES string of the molecule is Cc1c(P)cc(-c2ccc(-c3ccc(-c4ccc(S)cc4)cc3F)cc2F)cc1P. The maximum Gasteiger partial charge on any atom is 0.131 e. The van der Waals surface area contributed by atoms with Crippen LogP contribution < -0.4 is 10.6 Å². The van der Waals surface area contributed by atoms with Gasteiger partial charge < -0.3 is 0 Å². The highest BCUT2D eigenvalue weighted by Crippen LogP contribution is 2.32. The Morgan fingerprint density at radius 3 is 1.63 bits per heavy atom. The molecule has 0 saturated heterocycles. The van der Waals surface area contributed by atoms with Crippen molar-refractivity contribution < 1.29 is 8.78 Å². The minimum absolute atomic E-state index is 0.373. The van der Waals surface area contributed by atoms with Crippen molar-refractivity contribution in [1.82, 2.24) is 0 Å². The van der Waals surface area contributed by atoms with Crippen LogP contribution in [0.3, 0.4) is 0 Å². The molecule has 4 rings (SSSR count). The van der Waals surface area contributed by atoms with Crippen LogP contribution in [0, 0.1) is 18.6 Å². The summed E-state index contributed by atoms with van der Waals surface area (Å²) in [5.41, 5.74) is 4.98. The Labute approximate surface area is 185 Å². The molecule has 0 aliphatic carbocycles. The Balaban J connectivity index is 1.70. The second-order valence-electron chi connectivity index (χ2n) is 7.22. The molecule has 4 aromatic carbocycles. The largest absolute Gasteiger partial charge is 0.206 e. The second-order valence-corrected chi connectivity index (χ2v) is 8.98. The van der Waals surface area contributed by atoms with Crippen LogP contribution in [0.2, 0.25) is 0 Å². The fourth-order valence-electron chi connectivity index (χ4n) is 3.41. The lowest BCUT2D eigenvalue weighted by Gasteiger charge is -2.12. The van der Waals surface area contributed by atoms with Crippen molar-refractivity contribution in [2.45, 2.75) is 11.8 Å². The monoisotopic (exact) mass is 452 g/mol. The lowest BCUT2D eigenvalue weighted by Crippen LogP contribution is -2.09. The van der Waals surface area contributed by atoms with E-state index in [4.69, 9.17) is 0 Å². The third kappa shape index (κ3) is 4.21. The summed E-state index contributed by atoms with van der Waals surface area (Å²) in [5.74, 6) is -0.762. The van der Waals surface area contributed by atoms with Gasteiger partial charge in [-0.2, -0.15) is 0 Å². The molecule has 5 heteroatoms. The van der Waals surface area contributed by atoms with Crippen LogP contribution in [0.25, 0.3) is 33.4 Å². The highest BCUT2D eigenvalue weighted by molar-refractivity contribution is 7.80. The zero-order valence-corrected chi connectivity index (χ0v) is 19.5. The first-order chi connectivity index (χ1) is 14.3. The maximum absolute atomic E-state index is 15.0. The predicted octanol–water partition coefficient (Wildman–Crippen LogP) is 6.56. The zero-order chi connectivity index (χ0) is 21.4. The highest BCUT2D eigenvalue weighted by atomic mass is 32.1. The number of thiol groups is 1. The van der Waals surface area contributed by atoms with E-state index in [0.29, 0.717) is 16.7 Å². The number of hydrogen-bond acceptors (Lipinski definition) is 1. The summed E-state index contributed by atoms with van der Waals surface area (Å²) in [6.07, 6.45) is 0. The number of benzene rings is 4. The van der Waals surface area contributed by atoms with E-state index in [1.54, 1.807) is 18.2 Å². The molecule has 30 heavy (non-hydrogen) atoms. The van der Waals surface area contributed by atoms with E-state index in [2.05, 4.69) is 31.1 Å². The van der Waals surface area contributed by atoms with Crippen molar-refractivity contribution in [3.05, 3.63) is 90.0 Å². The first-order valence-corrected chi connectivity index (χ1v) is 11.0. The first-order valence-electron chi connectivity index (χ1n) is 9.38. The Kier molecular flexibility index (Phi) is 6.07. The smallest absolute Gasteiger partial charge is 0.131 e. The van der Waals surface area contributed by atoms with E-state index in [1.807, 2.05) is 49.4 Å². The van der Waals surface area contributed by atoms with Gasteiger partial charge >= 0.3 is 0 Å². The van der Waals surface area contributed by atoms with Crippen LogP contribution in [0.5, 0.6) is 0 Å². The van der Waals surface area contributed by atoms with Crippen molar-refractivity contribution in [3.8, 4) is 33.4 Å². The van der Waals surface area contributed by atoms with E-state index in [1.165, 1.54) is 12.1 Å². The summed E-state index contributed by atoms with van der Waals surface area (Å²) >= 11 is 4.28. The van der Waals surface area contributed by atoms with Crippen molar-refractivity contribution in [3.63, 3.8) is 0 Å². The second kappa shape index (κ2) is 8.60. The molecule has 0 radical (unpaired) electrons. The molecule has 0 saturated carbocycles. The molecule has 2 atom stereocenters. The van der Waals surface area contributed by atoms with Crippen LogP contribution in [0.15, 0.2) is 77.7 Å². The fourth-order valence-corrected chi connectivity index (χ4v) is 4.42. The maximum atomic E-state index is 15.0. The normalized spacial score (nSPS) is 11.0. The quantitative estimate of drug-likeness (QED) is 0.264. The molecule has 0 heterocycles. The molecule has 0 aliphatic rings. The molecule has 2 unspecified atom stereocenters. The standard InChI is InChI=1S/C25H20F2P2S/c1-14-24(28)12-18(13-25(14)29)21-9-5-17(11-23(21)27)20-8-4-16(10-22(20)26)15-2-6-19(30)7-3-15/h2-13,30H,28-29H2,1H3. The van der Waals surface area contributed by atoms with Crippen molar-refractivity contribution in [2.75, 3.05) is 0 Å². The fraction of sp³-hybridized carbons (Fsp3) is 0.0400. The summed E-state index contributed by atoms with van der Waals surface area (Å²) in [6.45, 7) is 2.02.